The number of carbonyl (C=O) groups excluding carboxylic acids is 10. The predicted molar refractivity (Wildman–Crippen MR) is 348 cm³/mol. The summed E-state index contributed by atoms with van der Waals surface area (Å²) in [6.07, 6.45) is 8.43. The summed E-state index contributed by atoms with van der Waals surface area (Å²) in [4.78, 5) is 182. The number of likely N-dealkylation sites (tertiary alicyclic amines) is 2. The number of aromatic nitrogens is 5. The molecule has 23 N–H and O–H groups in total. The first-order valence-corrected chi connectivity index (χ1v) is 31.9. The molecule has 0 bridgehead atoms. The van der Waals surface area contributed by atoms with Crippen LogP contribution in [0.4, 0.5) is 0 Å². The average molecular weight is 1330 g/mol. The maximum atomic E-state index is 15.2. The van der Waals surface area contributed by atoms with Gasteiger partial charge in [0.2, 0.25) is 59.1 Å². The Balaban J connectivity index is 1.24. The van der Waals surface area contributed by atoms with Crippen molar-refractivity contribution in [1.82, 2.24) is 71.9 Å². The zero-order chi connectivity index (χ0) is 69.5. The Morgan fingerprint density at radius 3 is 1.72 bits per heavy atom. The Labute approximate surface area is 548 Å². The molecule has 2 saturated heterocycles. The summed E-state index contributed by atoms with van der Waals surface area (Å²) in [5, 5.41) is 29.5. The lowest BCUT2D eigenvalue weighted by Gasteiger charge is -2.34. The molecule has 1 aromatic carbocycles. The third-order valence-corrected chi connectivity index (χ3v) is 16.8. The molecule has 0 radical (unpaired) electrons. The van der Waals surface area contributed by atoms with Gasteiger partial charge in [-0.1, -0.05) is 52.3 Å². The van der Waals surface area contributed by atoms with Crippen molar-refractivity contribution in [3.8, 4) is 0 Å². The number of fused-ring (bicyclic) bond motifs is 1. The van der Waals surface area contributed by atoms with E-state index in [0.29, 0.717) is 42.6 Å². The number of nitrogens with zero attached hydrogens (tertiary/aromatic N) is 6. The number of para-hydroxylation sites is 1. The van der Waals surface area contributed by atoms with Crippen molar-refractivity contribution in [2.75, 3.05) is 26.2 Å². The van der Waals surface area contributed by atoms with E-state index >= 15 is 9.59 Å². The van der Waals surface area contributed by atoms with Crippen LogP contribution in [0.1, 0.15) is 115 Å². The molecule has 518 valence electrons. The van der Waals surface area contributed by atoms with Gasteiger partial charge in [-0.3, -0.25) is 57.9 Å². The molecule has 34 nitrogen and oxygen atoms in total. The van der Waals surface area contributed by atoms with E-state index in [-0.39, 0.29) is 102 Å². The second-order valence-electron chi connectivity index (χ2n) is 24.3. The SMILES string of the molecule is CC[C@H](C)[C@H](NC(=O)[C@H](CCC(N)=O)NC(=O)[C@@H](NC(=O)[C@@H]1CCCN1C(=O)[C@@H]1CCCN1C(=O)[C@H](Cc1cnc[nH]1)NC(=O)[C@H](Cc1c[nH]c2ccccc12)NC(=O)[C@H](Cc1cnc[nH]1)NC(=O)[C@H](CCCN=C(N)N)NC(=O)[C@@H](N)CCCN=C(N)N)C(C)C)C(=O)O. The lowest BCUT2D eigenvalue weighted by atomic mass is 9.98. The van der Waals surface area contributed by atoms with Crippen LogP contribution in [0.5, 0.6) is 0 Å². The number of benzene rings is 1. The molecule has 5 heterocycles. The zero-order valence-corrected chi connectivity index (χ0v) is 53.9. The van der Waals surface area contributed by atoms with Crippen LogP contribution in [-0.4, -0.2) is 203 Å². The Bertz CT molecular complexity index is 3350. The number of H-pyrrole nitrogens is 3. The van der Waals surface area contributed by atoms with Crippen LogP contribution in [0.3, 0.4) is 0 Å². The second-order valence-corrected chi connectivity index (χ2v) is 24.3. The minimum absolute atomic E-state index is 0.00654. The molecule has 2 aliphatic rings. The maximum Gasteiger partial charge on any atom is 0.326 e. The largest absolute Gasteiger partial charge is 0.480 e. The third kappa shape index (κ3) is 21.7. The van der Waals surface area contributed by atoms with E-state index in [2.05, 4.69) is 72.1 Å². The van der Waals surface area contributed by atoms with E-state index in [1.807, 2.05) is 18.2 Å². The van der Waals surface area contributed by atoms with Crippen LogP contribution in [-0.2, 0) is 72.0 Å². The molecule has 2 aliphatic heterocycles. The smallest absolute Gasteiger partial charge is 0.326 e. The van der Waals surface area contributed by atoms with Crippen molar-refractivity contribution < 1.29 is 57.8 Å². The minimum atomic E-state index is -1.46. The van der Waals surface area contributed by atoms with Crippen LogP contribution in [0, 0.1) is 11.8 Å². The first-order chi connectivity index (χ1) is 45.3. The lowest BCUT2D eigenvalue weighted by Crippen LogP contribution is -2.61. The summed E-state index contributed by atoms with van der Waals surface area (Å²) in [6.45, 7) is 7.14. The van der Waals surface area contributed by atoms with Gasteiger partial charge in [0, 0.05) is 92.7 Å². The number of aliphatic imine (C=N–C) groups is 2. The maximum absolute atomic E-state index is 15.2. The third-order valence-electron chi connectivity index (χ3n) is 16.8. The number of hydrogen-bond acceptors (Lipinski definition) is 16. The number of primary amides is 1. The number of nitrogens with one attached hydrogen (secondary N) is 10. The molecule has 0 unspecified atom stereocenters. The van der Waals surface area contributed by atoms with E-state index < -0.39 is 137 Å². The van der Waals surface area contributed by atoms with Gasteiger partial charge in [-0.15, -0.1) is 0 Å². The summed E-state index contributed by atoms with van der Waals surface area (Å²) >= 11 is 0. The summed E-state index contributed by atoms with van der Waals surface area (Å²) in [5.41, 5.74) is 35.8. The van der Waals surface area contributed by atoms with Crippen LogP contribution >= 0.6 is 0 Å². The molecule has 11 atom stereocenters. The fraction of sp³-hybridized carbons (Fsp3) is 0.557. The number of carboxylic acids is 1. The number of rotatable bonds is 37. The fourth-order valence-corrected chi connectivity index (χ4v) is 11.4. The summed E-state index contributed by atoms with van der Waals surface area (Å²) in [6, 6.07) is -5.62. The summed E-state index contributed by atoms with van der Waals surface area (Å²) < 4.78 is 0. The molecule has 0 saturated carbocycles. The predicted octanol–water partition coefficient (Wildman–Crippen LogP) is -3.50. The fourth-order valence-electron chi connectivity index (χ4n) is 11.4. The van der Waals surface area contributed by atoms with Gasteiger partial charge in [0.05, 0.1) is 18.7 Å². The van der Waals surface area contributed by atoms with Gasteiger partial charge in [-0.2, -0.15) is 0 Å². The van der Waals surface area contributed by atoms with Crippen molar-refractivity contribution in [3.05, 3.63) is 72.5 Å². The molecule has 2 fully saturated rings. The Morgan fingerprint density at radius 2 is 1.14 bits per heavy atom. The number of carbonyl (C=O) groups is 11. The van der Waals surface area contributed by atoms with Gasteiger partial charge in [-0.05, 0) is 81.3 Å². The number of carboxylic acid groups (broad SMARTS) is 1. The first kappa shape index (κ1) is 73.9. The zero-order valence-electron chi connectivity index (χ0n) is 53.9. The quantitative estimate of drug-likeness (QED) is 0.0118. The molecule has 6 rings (SSSR count). The molecular weight excluding hydrogens is 1230 g/mol. The van der Waals surface area contributed by atoms with Crippen LogP contribution < -0.4 is 71.6 Å². The highest BCUT2D eigenvalue weighted by molar-refractivity contribution is 5.99. The molecule has 4 aromatic rings. The highest BCUT2D eigenvalue weighted by Crippen LogP contribution is 2.27. The van der Waals surface area contributed by atoms with Crippen LogP contribution in [0.2, 0.25) is 0 Å². The monoisotopic (exact) mass is 1320 g/mol. The second kappa shape index (κ2) is 35.8. The number of aromatic amines is 3. The minimum Gasteiger partial charge on any atom is -0.480 e. The number of nitrogens with two attached hydrogens (primary N) is 6. The van der Waals surface area contributed by atoms with Gasteiger partial charge in [-0.25, -0.2) is 14.8 Å². The molecular formula is C61H92N22O12. The van der Waals surface area contributed by atoms with Gasteiger partial charge in [0.25, 0.3) is 0 Å². The van der Waals surface area contributed by atoms with Crippen molar-refractivity contribution >= 4 is 87.9 Å². The molecule has 10 amide bonds. The van der Waals surface area contributed by atoms with Gasteiger partial charge < -0.3 is 101 Å². The van der Waals surface area contributed by atoms with Gasteiger partial charge in [0.1, 0.15) is 54.4 Å². The Hall–Kier alpha value is -10.1. The molecule has 95 heavy (non-hydrogen) atoms. The topological polar surface area (TPSA) is 553 Å². The molecule has 0 aliphatic carbocycles. The Kier molecular flexibility index (Phi) is 27.8. The normalized spacial score (nSPS) is 17.3. The van der Waals surface area contributed by atoms with Gasteiger partial charge >= 0.3 is 5.97 Å². The number of amides is 10. The molecule has 34 heteroatoms. The highest BCUT2D eigenvalue weighted by atomic mass is 16.4. The van der Waals surface area contributed by atoms with E-state index in [4.69, 9.17) is 34.4 Å². The van der Waals surface area contributed by atoms with Crippen LogP contribution in [0.25, 0.3) is 10.9 Å². The molecule has 3 aromatic heterocycles. The average Bonchev–Trinajstić information content (AvgIpc) is 1.70. The van der Waals surface area contributed by atoms with Crippen molar-refractivity contribution in [1.29, 1.82) is 0 Å². The number of guanidine groups is 2. The van der Waals surface area contributed by atoms with Crippen LogP contribution in [0.15, 0.2) is 65.5 Å². The Morgan fingerprint density at radius 1 is 0.611 bits per heavy atom. The summed E-state index contributed by atoms with van der Waals surface area (Å²) in [7, 11) is 0. The highest BCUT2D eigenvalue weighted by Gasteiger charge is 2.45. The first-order valence-electron chi connectivity index (χ1n) is 31.9. The van der Waals surface area contributed by atoms with E-state index in [0.717, 1.165) is 10.9 Å². The van der Waals surface area contributed by atoms with Crippen molar-refractivity contribution in [2.45, 2.75) is 178 Å². The van der Waals surface area contributed by atoms with Crippen molar-refractivity contribution in [3.63, 3.8) is 0 Å². The summed E-state index contributed by atoms with van der Waals surface area (Å²) in [5.74, 6) is -10.2. The van der Waals surface area contributed by atoms with Crippen molar-refractivity contribution in [2.24, 2.45) is 56.2 Å². The van der Waals surface area contributed by atoms with E-state index in [1.54, 1.807) is 40.0 Å². The van der Waals surface area contributed by atoms with E-state index in [9.17, 15) is 48.3 Å². The lowest BCUT2D eigenvalue weighted by molar-refractivity contribution is -0.148. The van der Waals surface area contributed by atoms with Gasteiger partial charge in [0.15, 0.2) is 11.9 Å². The number of aliphatic carboxylic acids is 1. The standard InChI is InChI=1S/C61H92N22O12/c1-5-33(4)49(59(94)95)81-52(87)41(18-19-47(63)84)76-56(91)48(32(2)3)80-55(90)45-16-10-22-82(45)58(93)46-17-11-23-83(46)57(92)44(26-36-29-69-31-74-36)79-53(88)42(24-34-27-72-39-14-7-6-12-37(34)39)77-54(89)43(25-35-28-68-30-73-35)78-51(86)40(15-9-21-71-61(66)67)75-50(85)38(62)13-8-20-70-60(64)65/h6-7,12,14,27-33,38,40-46,48-49,72H,5,8-11,13,15-26,62H2,1-4H3,(H2,63,84)(H,68,73)(H,69,74)(H,75,85)(H,76,91)(H,77,89)(H,78,86)(H,79,88)(H,80,90)(H,81,87)(H,94,95)(H4,64,65,70)(H4,66,67,71)/t33-,38-,40-,41-,42-,43-,44-,45-,46-,48-,49-/m0/s1. The number of hydrogen-bond donors (Lipinski definition) is 17. The van der Waals surface area contributed by atoms with E-state index in [1.165, 1.54) is 34.8 Å². The number of imidazole rings is 2. The molecule has 0 spiro atoms.